The van der Waals surface area contributed by atoms with Gasteiger partial charge in [0.05, 0.1) is 11.8 Å². The number of pyridine rings is 1. The molecule has 4 heteroatoms. The van der Waals surface area contributed by atoms with Crippen LogP contribution in [-0.4, -0.2) is 22.8 Å². The molecule has 0 bridgehead atoms. The van der Waals surface area contributed by atoms with Crippen molar-refractivity contribution < 1.29 is 9.84 Å². The second-order valence-corrected chi connectivity index (χ2v) is 3.69. The molecule has 15 heavy (non-hydrogen) atoms. The zero-order valence-corrected chi connectivity index (χ0v) is 9.18. The molecule has 1 heterocycles. The zero-order chi connectivity index (χ0) is 11.3. The second-order valence-electron chi connectivity index (χ2n) is 3.69. The summed E-state index contributed by atoms with van der Waals surface area (Å²) in [4.78, 5) is 4.27. The summed E-state index contributed by atoms with van der Waals surface area (Å²) < 4.78 is 5.45. The van der Waals surface area contributed by atoms with E-state index < -0.39 is 0 Å². The molecule has 84 valence electrons. The van der Waals surface area contributed by atoms with Crippen LogP contribution in [-0.2, 0) is 0 Å². The molecule has 1 atom stereocenters. The van der Waals surface area contributed by atoms with Crippen LogP contribution in [0.3, 0.4) is 0 Å². The number of rotatable bonds is 5. The standard InChI is InChI=1S/C11H18N2O2/c1-8(2)15-11-5-3-4-10(13-11)9(12)6-7-14/h3-5,8-9,14H,6-7,12H2,1-2H3. The van der Waals surface area contributed by atoms with Gasteiger partial charge in [0.2, 0.25) is 5.88 Å². The van der Waals surface area contributed by atoms with Gasteiger partial charge in [-0.15, -0.1) is 0 Å². The minimum Gasteiger partial charge on any atom is -0.475 e. The number of nitrogens with two attached hydrogens (primary N) is 1. The first-order chi connectivity index (χ1) is 7.13. The molecular formula is C11H18N2O2. The molecule has 0 aliphatic carbocycles. The lowest BCUT2D eigenvalue weighted by atomic mass is 10.1. The fraction of sp³-hybridized carbons (Fsp3) is 0.545. The Morgan fingerprint density at radius 3 is 2.80 bits per heavy atom. The van der Waals surface area contributed by atoms with E-state index in [1.54, 1.807) is 6.07 Å². The van der Waals surface area contributed by atoms with Gasteiger partial charge in [-0.05, 0) is 26.3 Å². The van der Waals surface area contributed by atoms with Crippen molar-refractivity contribution in [1.82, 2.24) is 4.98 Å². The summed E-state index contributed by atoms with van der Waals surface area (Å²) in [7, 11) is 0. The quantitative estimate of drug-likeness (QED) is 0.767. The predicted molar refractivity (Wildman–Crippen MR) is 58.6 cm³/mol. The van der Waals surface area contributed by atoms with Crippen LogP contribution in [0.1, 0.15) is 32.0 Å². The summed E-state index contributed by atoms with van der Waals surface area (Å²) in [6, 6.07) is 5.27. The van der Waals surface area contributed by atoms with Gasteiger partial charge in [0.15, 0.2) is 0 Å². The molecule has 1 rings (SSSR count). The molecule has 0 amide bonds. The van der Waals surface area contributed by atoms with Crippen molar-refractivity contribution in [2.75, 3.05) is 6.61 Å². The number of hydrogen-bond acceptors (Lipinski definition) is 4. The summed E-state index contributed by atoms with van der Waals surface area (Å²) in [6.07, 6.45) is 0.611. The lowest BCUT2D eigenvalue weighted by molar-refractivity contribution is 0.231. The van der Waals surface area contributed by atoms with Crippen LogP contribution in [0.15, 0.2) is 18.2 Å². The third-order valence-electron chi connectivity index (χ3n) is 1.92. The SMILES string of the molecule is CC(C)Oc1cccc(C(N)CCO)n1. The van der Waals surface area contributed by atoms with E-state index in [0.29, 0.717) is 12.3 Å². The Balaban J connectivity index is 2.73. The first-order valence-corrected chi connectivity index (χ1v) is 5.13. The predicted octanol–water partition coefficient (Wildman–Crippen LogP) is 1.25. The Morgan fingerprint density at radius 2 is 2.20 bits per heavy atom. The van der Waals surface area contributed by atoms with Gasteiger partial charge in [0.1, 0.15) is 0 Å². The third kappa shape index (κ3) is 3.85. The van der Waals surface area contributed by atoms with E-state index >= 15 is 0 Å². The van der Waals surface area contributed by atoms with Gasteiger partial charge < -0.3 is 15.6 Å². The molecule has 0 fully saturated rings. The topological polar surface area (TPSA) is 68.4 Å². The molecular weight excluding hydrogens is 192 g/mol. The Hall–Kier alpha value is -1.13. The van der Waals surface area contributed by atoms with Crippen LogP contribution in [0.2, 0.25) is 0 Å². The van der Waals surface area contributed by atoms with E-state index in [2.05, 4.69) is 4.98 Å². The summed E-state index contributed by atoms with van der Waals surface area (Å²) >= 11 is 0. The van der Waals surface area contributed by atoms with Gasteiger partial charge in [-0.2, -0.15) is 0 Å². The monoisotopic (exact) mass is 210 g/mol. The molecule has 0 saturated heterocycles. The van der Waals surface area contributed by atoms with E-state index in [1.165, 1.54) is 0 Å². The van der Waals surface area contributed by atoms with Gasteiger partial charge in [0, 0.05) is 18.7 Å². The highest BCUT2D eigenvalue weighted by Gasteiger charge is 2.08. The molecule has 0 aliphatic rings. The molecule has 0 aromatic carbocycles. The average Bonchev–Trinajstić information content (AvgIpc) is 2.17. The van der Waals surface area contributed by atoms with E-state index in [0.717, 1.165) is 5.69 Å². The molecule has 1 aromatic heterocycles. The molecule has 1 aromatic rings. The number of ether oxygens (including phenoxy) is 1. The number of aliphatic hydroxyl groups excluding tert-OH is 1. The third-order valence-corrected chi connectivity index (χ3v) is 1.92. The Kier molecular flexibility index (Phi) is 4.52. The molecule has 4 nitrogen and oxygen atoms in total. The van der Waals surface area contributed by atoms with Gasteiger partial charge in [-0.1, -0.05) is 6.07 Å². The van der Waals surface area contributed by atoms with Crippen molar-refractivity contribution in [2.45, 2.75) is 32.4 Å². The van der Waals surface area contributed by atoms with Gasteiger partial charge in [0.25, 0.3) is 0 Å². The maximum atomic E-state index is 8.77. The number of aromatic nitrogens is 1. The van der Waals surface area contributed by atoms with E-state index in [9.17, 15) is 0 Å². The van der Waals surface area contributed by atoms with Crippen LogP contribution in [0, 0.1) is 0 Å². The van der Waals surface area contributed by atoms with Crippen LogP contribution in [0.5, 0.6) is 5.88 Å². The van der Waals surface area contributed by atoms with Crippen LogP contribution in [0.25, 0.3) is 0 Å². The Bertz CT molecular complexity index is 302. The molecule has 0 spiro atoms. The van der Waals surface area contributed by atoms with Crippen molar-refractivity contribution in [1.29, 1.82) is 0 Å². The summed E-state index contributed by atoms with van der Waals surface area (Å²) in [5.74, 6) is 0.580. The van der Waals surface area contributed by atoms with E-state index in [-0.39, 0.29) is 18.8 Å². The van der Waals surface area contributed by atoms with Crippen molar-refractivity contribution in [3.63, 3.8) is 0 Å². The molecule has 3 N–H and O–H groups in total. The number of hydrogen-bond donors (Lipinski definition) is 2. The lowest BCUT2D eigenvalue weighted by Crippen LogP contribution is -2.15. The largest absolute Gasteiger partial charge is 0.475 e. The average molecular weight is 210 g/mol. The number of aliphatic hydroxyl groups is 1. The fourth-order valence-corrected chi connectivity index (χ4v) is 1.23. The summed E-state index contributed by atoms with van der Waals surface area (Å²) in [5.41, 5.74) is 6.58. The van der Waals surface area contributed by atoms with Gasteiger partial charge >= 0.3 is 0 Å². The fourth-order valence-electron chi connectivity index (χ4n) is 1.23. The van der Waals surface area contributed by atoms with Gasteiger partial charge in [-0.3, -0.25) is 0 Å². The van der Waals surface area contributed by atoms with Crippen LogP contribution >= 0.6 is 0 Å². The Labute approximate surface area is 90.1 Å². The highest BCUT2D eigenvalue weighted by atomic mass is 16.5. The second kappa shape index (κ2) is 5.68. The summed E-state index contributed by atoms with van der Waals surface area (Å²) in [6.45, 7) is 3.96. The first-order valence-electron chi connectivity index (χ1n) is 5.13. The lowest BCUT2D eigenvalue weighted by Gasteiger charge is -2.12. The summed E-state index contributed by atoms with van der Waals surface area (Å²) in [5, 5.41) is 8.77. The minimum atomic E-state index is -0.231. The first kappa shape index (κ1) is 11.9. The van der Waals surface area contributed by atoms with Crippen molar-refractivity contribution in [2.24, 2.45) is 5.73 Å². The molecule has 0 saturated carbocycles. The smallest absolute Gasteiger partial charge is 0.213 e. The van der Waals surface area contributed by atoms with Crippen LogP contribution < -0.4 is 10.5 Å². The maximum absolute atomic E-state index is 8.77. The molecule has 1 unspecified atom stereocenters. The number of nitrogens with zero attached hydrogens (tertiary/aromatic N) is 1. The normalized spacial score (nSPS) is 12.9. The highest BCUT2D eigenvalue weighted by molar-refractivity contribution is 5.18. The van der Waals surface area contributed by atoms with Gasteiger partial charge in [-0.25, -0.2) is 4.98 Å². The van der Waals surface area contributed by atoms with E-state index in [1.807, 2.05) is 26.0 Å². The Morgan fingerprint density at radius 1 is 1.47 bits per heavy atom. The van der Waals surface area contributed by atoms with Crippen molar-refractivity contribution in [3.05, 3.63) is 23.9 Å². The maximum Gasteiger partial charge on any atom is 0.213 e. The molecule has 0 aliphatic heterocycles. The van der Waals surface area contributed by atoms with E-state index in [4.69, 9.17) is 15.6 Å². The minimum absolute atomic E-state index is 0.0676. The van der Waals surface area contributed by atoms with Crippen molar-refractivity contribution in [3.8, 4) is 5.88 Å². The zero-order valence-electron chi connectivity index (χ0n) is 9.18. The van der Waals surface area contributed by atoms with Crippen molar-refractivity contribution >= 4 is 0 Å². The van der Waals surface area contributed by atoms with Crippen LogP contribution in [0.4, 0.5) is 0 Å². The molecule has 0 radical (unpaired) electrons. The highest BCUT2D eigenvalue weighted by Crippen LogP contribution is 2.15.